The molecule has 0 bridgehead atoms. The van der Waals surface area contributed by atoms with Crippen LogP contribution in [0.1, 0.15) is 12.8 Å². The molecule has 1 atom stereocenters. The van der Waals surface area contributed by atoms with Gasteiger partial charge in [-0.05, 0) is 25.3 Å². The largest absolute Gasteiger partial charge is 0.396 e. The number of nitrogens with zero attached hydrogens (tertiary/aromatic N) is 1. The molecule has 0 amide bonds. The molecule has 1 heterocycles. The molecule has 1 aliphatic heterocycles. The summed E-state index contributed by atoms with van der Waals surface area (Å²) in [7, 11) is 0. The lowest BCUT2D eigenvalue weighted by Crippen LogP contribution is -2.22. The summed E-state index contributed by atoms with van der Waals surface area (Å²) in [6.45, 7) is 6.92. The summed E-state index contributed by atoms with van der Waals surface area (Å²) >= 11 is 5.70. The van der Waals surface area contributed by atoms with Crippen molar-refractivity contribution in [2.45, 2.75) is 12.8 Å². The van der Waals surface area contributed by atoms with Gasteiger partial charge in [0.15, 0.2) is 0 Å². The minimum atomic E-state index is 0.306. The van der Waals surface area contributed by atoms with Crippen LogP contribution >= 0.6 is 11.6 Å². The fourth-order valence-electron chi connectivity index (χ4n) is 1.72. The van der Waals surface area contributed by atoms with E-state index in [1.807, 2.05) is 0 Å². The van der Waals surface area contributed by atoms with Crippen LogP contribution in [0.4, 0.5) is 0 Å². The third-order valence-electron chi connectivity index (χ3n) is 2.30. The van der Waals surface area contributed by atoms with E-state index in [2.05, 4.69) is 11.5 Å². The van der Waals surface area contributed by atoms with Crippen LogP contribution in [-0.4, -0.2) is 36.2 Å². The number of aliphatic hydroxyl groups excluding tert-OH is 1. The molecule has 0 spiro atoms. The third-order valence-corrected chi connectivity index (χ3v) is 2.42. The molecule has 1 rings (SSSR count). The van der Waals surface area contributed by atoms with Gasteiger partial charge in [0.1, 0.15) is 0 Å². The molecule has 1 unspecified atom stereocenters. The Hall–Kier alpha value is -0.0500. The summed E-state index contributed by atoms with van der Waals surface area (Å²) in [4.78, 5) is 2.29. The van der Waals surface area contributed by atoms with E-state index in [1.54, 1.807) is 0 Å². The lowest BCUT2D eigenvalue weighted by Gasteiger charge is -2.14. The quantitative estimate of drug-likeness (QED) is 0.724. The predicted molar refractivity (Wildman–Crippen MR) is 51.2 cm³/mol. The summed E-state index contributed by atoms with van der Waals surface area (Å²) in [6, 6.07) is 0. The van der Waals surface area contributed by atoms with E-state index in [1.165, 1.54) is 6.42 Å². The highest BCUT2D eigenvalue weighted by Crippen LogP contribution is 2.20. The van der Waals surface area contributed by atoms with Crippen LogP contribution in [0.25, 0.3) is 0 Å². The maximum absolute atomic E-state index is 8.73. The second kappa shape index (κ2) is 4.85. The Kier molecular flexibility index (Phi) is 4.06. The highest BCUT2D eigenvalue weighted by Gasteiger charge is 2.21. The third kappa shape index (κ3) is 3.13. The van der Waals surface area contributed by atoms with Gasteiger partial charge in [0.25, 0.3) is 0 Å². The van der Waals surface area contributed by atoms with Crippen LogP contribution in [0.2, 0.25) is 0 Å². The molecule has 1 aliphatic rings. The van der Waals surface area contributed by atoms with Gasteiger partial charge in [-0.3, -0.25) is 4.90 Å². The second-order valence-corrected chi connectivity index (χ2v) is 3.95. The van der Waals surface area contributed by atoms with E-state index in [0.717, 1.165) is 26.1 Å². The zero-order valence-electron chi connectivity index (χ0n) is 7.30. The van der Waals surface area contributed by atoms with Crippen LogP contribution in [-0.2, 0) is 0 Å². The van der Waals surface area contributed by atoms with Crippen molar-refractivity contribution in [1.82, 2.24) is 4.90 Å². The highest BCUT2D eigenvalue weighted by molar-refractivity contribution is 6.29. The summed E-state index contributed by atoms with van der Waals surface area (Å²) in [5, 5.41) is 9.44. The molecule has 1 saturated heterocycles. The molecular weight excluding hydrogens is 174 g/mol. The molecule has 2 nitrogen and oxygen atoms in total. The standard InChI is InChI=1S/C9H16ClNO/c1-8(10)6-11-4-2-9(7-11)3-5-12/h9,12H,1-7H2. The van der Waals surface area contributed by atoms with E-state index in [0.29, 0.717) is 17.6 Å². The van der Waals surface area contributed by atoms with Crippen molar-refractivity contribution >= 4 is 11.6 Å². The summed E-state index contributed by atoms with van der Waals surface area (Å²) in [5.74, 6) is 0.658. The van der Waals surface area contributed by atoms with Gasteiger partial charge in [0.05, 0.1) is 0 Å². The van der Waals surface area contributed by atoms with Gasteiger partial charge in [-0.25, -0.2) is 0 Å². The van der Waals surface area contributed by atoms with Crippen molar-refractivity contribution in [3.8, 4) is 0 Å². The maximum atomic E-state index is 8.73. The zero-order chi connectivity index (χ0) is 8.97. The second-order valence-electron chi connectivity index (χ2n) is 3.42. The summed E-state index contributed by atoms with van der Waals surface area (Å²) in [6.07, 6.45) is 2.11. The van der Waals surface area contributed by atoms with Gasteiger partial charge in [-0.15, -0.1) is 0 Å². The van der Waals surface area contributed by atoms with Gasteiger partial charge in [-0.2, -0.15) is 0 Å². The van der Waals surface area contributed by atoms with E-state index < -0.39 is 0 Å². The van der Waals surface area contributed by atoms with Crippen LogP contribution < -0.4 is 0 Å². The van der Waals surface area contributed by atoms with Crippen molar-refractivity contribution in [2.75, 3.05) is 26.2 Å². The molecule has 0 aliphatic carbocycles. The lowest BCUT2D eigenvalue weighted by atomic mass is 10.1. The van der Waals surface area contributed by atoms with Crippen LogP contribution in [0.5, 0.6) is 0 Å². The molecule has 0 radical (unpaired) electrons. The van der Waals surface area contributed by atoms with Crippen molar-refractivity contribution in [1.29, 1.82) is 0 Å². The Bertz CT molecular complexity index is 161. The SMILES string of the molecule is C=C(Cl)CN1CCC(CCO)C1. The van der Waals surface area contributed by atoms with Crippen LogP contribution in [0, 0.1) is 5.92 Å². The molecular formula is C9H16ClNO. The van der Waals surface area contributed by atoms with Crippen molar-refractivity contribution in [2.24, 2.45) is 5.92 Å². The van der Waals surface area contributed by atoms with Crippen molar-refractivity contribution < 1.29 is 5.11 Å². The number of likely N-dealkylation sites (tertiary alicyclic amines) is 1. The number of rotatable bonds is 4. The Morgan fingerprint density at radius 3 is 3.00 bits per heavy atom. The molecule has 0 aromatic carbocycles. The average Bonchev–Trinajstić information content (AvgIpc) is 2.36. The monoisotopic (exact) mass is 189 g/mol. The van der Waals surface area contributed by atoms with E-state index in [-0.39, 0.29) is 0 Å². The molecule has 70 valence electrons. The zero-order valence-corrected chi connectivity index (χ0v) is 8.06. The van der Waals surface area contributed by atoms with Crippen LogP contribution in [0.15, 0.2) is 11.6 Å². The molecule has 0 aromatic heterocycles. The minimum Gasteiger partial charge on any atom is -0.396 e. The normalized spacial score (nSPS) is 24.7. The molecule has 3 heteroatoms. The number of aliphatic hydroxyl groups is 1. The van der Waals surface area contributed by atoms with Gasteiger partial charge in [0, 0.05) is 24.7 Å². The first-order chi connectivity index (χ1) is 5.72. The summed E-state index contributed by atoms with van der Waals surface area (Å²) in [5.41, 5.74) is 0. The number of hydrogen-bond donors (Lipinski definition) is 1. The number of halogens is 1. The Morgan fingerprint density at radius 2 is 2.42 bits per heavy atom. The fourth-order valence-corrected chi connectivity index (χ4v) is 1.89. The Balaban J connectivity index is 2.21. The van der Waals surface area contributed by atoms with E-state index in [4.69, 9.17) is 16.7 Å². The lowest BCUT2D eigenvalue weighted by molar-refractivity contribution is 0.254. The molecule has 1 fully saturated rings. The van der Waals surface area contributed by atoms with E-state index in [9.17, 15) is 0 Å². The minimum absolute atomic E-state index is 0.306. The average molecular weight is 190 g/mol. The number of hydrogen-bond acceptors (Lipinski definition) is 2. The smallest absolute Gasteiger partial charge is 0.0434 e. The first-order valence-electron chi connectivity index (χ1n) is 4.39. The fraction of sp³-hybridized carbons (Fsp3) is 0.778. The van der Waals surface area contributed by atoms with Gasteiger partial charge in [-0.1, -0.05) is 18.2 Å². The van der Waals surface area contributed by atoms with Gasteiger partial charge < -0.3 is 5.11 Å². The Morgan fingerprint density at radius 1 is 1.67 bits per heavy atom. The Labute approximate surface area is 78.8 Å². The molecule has 0 saturated carbocycles. The first-order valence-corrected chi connectivity index (χ1v) is 4.76. The van der Waals surface area contributed by atoms with Crippen molar-refractivity contribution in [3.05, 3.63) is 11.6 Å². The maximum Gasteiger partial charge on any atom is 0.0434 e. The van der Waals surface area contributed by atoms with Crippen LogP contribution in [0.3, 0.4) is 0 Å². The molecule has 12 heavy (non-hydrogen) atoms. The topological polar surface area (TPSA) is 23.5 Å². The van der Waals surface area contributed by atoms with E-state index >= 15 is 0 Å². The van der Waals surface area contributed by atoms with Gasteiger partial charge >= 0.3 is 0 Å². The molecule has 1 N–H and O–H groups in total. The summed E-state index contributed by atoms with van der Waals surface area (Å²) < 4.78 is 0. The predicted octanol–water partition coefficient (Wildman–Crippen LogP) is 1.44. The van der Waals surface area contributed by atoms with Gasteiger partial charge in [0.2, 0.25) is 0 Å². The first kappa shape index (κ1) is 10.0. The molecule has 0 aromatic rings. The highest BCUT2D eigenvalue weighted by atomic mass is 35.5. The van der Waals surface area contributed by atoms with Crippen molar-refractivity contribution in [3.63, 3.8) is 0 Å².